The van der Waals surface area contributed by atoms with Crippen LogP contribution >= 0.6 is 0 Å². The maximum Gasteiger partial charge on any atom is 0.0139 e. The Morgan fingerprint density at radius 3 is 2.77 bits per heavy atom. The molecule has 0 saturated carbocycles. The van der Waals surface area contributed by atoms with Crippen LogP contribution in [0.2, 0.25) is 0 Å². The zero-order valence-corrected chi connectivity index (χ0v) is 9.16. The Morgan fingerprint density at radius 2 is 2.31 bits per heavy atom. The van der Waals surface area contributed by atoms with Crippen molar-refractivity contribution in [1.29, 1.82) is 0 Å². The molecule has 13 heavy (non-hydrogen) atoms. The lowest BCUT2D eigenvalue weighted by Gasteiger charge is -2.22. The molecule has 3 nitrogen and oxygen atoms in total. The van der Waals surface area contributed by atoms with Gasteiger partial charge in [0, 0.05) is 25.7 Å². The predicted molar refractivity (Wildman–Crippen MR) is 56.8 cm³/mol. The molecule has 2 N–H and O–H groups in total. The van der Waals surface area contributed by atoms with Crippen molar-refractivity contribution in [3.05, 3.63) is 0 Å². The molecule has 2 atom stereocenters. The summed E-state index contributed by atoms with van der Waals surface area (Å²) < 4.78 is 0. The summed E-state index contributed by atoms with van der Waals surface area (Å²) in [6.07, 6.45) is 1.35. The normalized spacial score (nSPS) is 27.0. The first kappa shape index (κ1) is 11.0. The van der Waals surface area contributed by atoms with Crippen LogP contribution in [0.4, 0.5) is 0 Å². The van der Waals surface area contributed by atoms with E-state index in [0.717, 1.165) is 12.5 Å². The van der Waals surface area contributed by atoms with Gasteiger partial charge < -0.3 is 15.5 Å². The Hall–Kier alpha value is -0.120. The van der Waals surface area contributed by atoms with Gasteiger partial charge >= 0.3 is 0 Å². The first-order valence-corrected chi connectivity index (χ1v) is 5.20. The molecule has 0 amide bonds. The van der Waals surface area contributed by atoms with Crippen molar-refractivity contribution in [1.82, 2.24) is 9.80 Å². The minimum Gasteiger partial charge on any atom is -0.327 e. The molecule has 0 radical (unpaired) electrons. The molecule has 78 valence electrons. The summed E-state index contributed by atoms with van der Waals surface area (Å²) in [7, 11) is 4.37. The van der Waals surface area contributed by atoms with Crippen LogP contribution in [0, 0.1) is 5.92 Å². The number of hydrogen-bond acceptors (Lipinski definition) is 3. The van der Waals surface area contributed by atoms with Crippen molar-refractivity contribution >= 4 is 0 Å². The van der Waals surface area contributed by atoms with Crippen molar-refractivity contribution < 1.29 is 0 Å². The zero-order valence-electron chi connectivity index (χ0n) is 9.16. The lowest BCUT2D eigenvalue weighted by atomic mass is 10.1. The highest BCUT2D eigenvalue weighted by Crippen LogP contribution is 2.14. The van der Waals surface area contributed by atoms with Crippen molar-refractivity contribution in [3.8, 4) is 0 Å². The van der Waals surface area contributed by atoms with Gasteiger partial charge in [0.15, 0.2) is 0 Å². The van der Waals surface area contributed by atoms with E-state index in [2.05, 4.69) is 30.8 Å². The van der Waals surface area contributed by atoms with Crippen LogP contribution < -0.4 is 5.73 Å². The van der Waals surface area contributed by atoms with E-state index in [9.17, 15) is 0 Å². The summed E-state index contributed by atoms with van der Waals surface area (Å²) in [5.74, 6) is 0.855. The number of likely N-dealkylation sites (N-methyl/N-ethyl adjacent to an activating group) is 1. The largest absolute Gasteiger partial charge is 0.327 e. The molecule has 1 aliphatic heterocycles. The van der Waals surface area contributed by atoms with Crippen molar-refractivity contribution in [3.63, 3.8) is 0 Å². The first-order chi connectivity index (χ1) is 6.08. The Kier molecular flexibility index (Phi) is 4.16. The highest BCUT2D eigenvalue weighted by Gasteiger charge is 2.20. The molecule has 0 aromatic heterocycles. The molecule has 0 bridgehead atoms. The Balaban J connectivity index is 2.16. The van der Waals surface area contributed by atoms with Gasteiger partial charge in [-0.3, -0.25) is 0 Å². The number of nitrogens with two attached hydrogens (primary N) is 1. The summed E-state index contributed by atoms with van der Waals surface area (Å²) in [4.78, 5) is 4.76. The van der Waals surface area contributed by atoms with Crippen molar-refractivity contribution in [2.75, 3.05) is 40.3 Å². The van der Waals surface area contributed by atoms with Gasteiger partial charge in [-0.2, -0.15) is 0 Å². The smallest absolute Gasteiger partial charge is 0.0139 e. The Bertz CT molecular complexity index is 147. The second-order valence-electron chi connectivity index (χ2n) is 4.62. The topological polar surface area (TPSA) is 32.5 Å². The lowest BCUT2D eigenvalue weighted by Crippen LogP contribution is -2.36. The SMILES string of the molecule is C[C@@H](N)CN(C)CC1CCN(C)C1. The van der Waals surface area contributed by atoms with Crippen LogP contribution in [-0.4, -0.2) is 56.1 Å². The molecule has 3 heteroatoms. The zero-order chi connectivity index (χ0) is 9.84. The van der Waals surface area contributed by atoms with Crippen LogP contribution in [0.1, 0.15) is 13.3 Å². The molecule has 1 fully saturated rings. The fourth-order valence-electron chi connectivity index (χ4n) is 2.18. The van der Waals surface area contributed by atoms with Gasteiger partial charge in [0.05, 0.1) is 0 Å². The van der Waals surface area contributed by atoms with Crippen LogP contribution in [0.3, 0.4) is 0 Å². The molecule has 0 spiro atoms. The molecular weight excluding hydrogens is 162 g/mol. The van der Waals surface area contributed by atoms with Gasteiger partial charge in [-0.05, 0) is 39.9 Å². The lowest BCUT2D eigenvalue weighted by molar-refractivity contribution is 0.263. The number of likely N-dealkylation sites (tertiary alicyclic amines) is 1. The maximum atomic E-state index is 5.74. The van der Waals surface area contributed by atoms with Crippen LogP contribution in [0.5, 0.6) is 0 Å². The third-order valence-electron chi connectivity index (χ3n) is 2.66. The van der Waals surface area contributed by atoms with E-state index in [1.807, 2.05) is 0 Å². The molecule has 1 rings (SSSR count). The van der Waals surface area contributed by atoms with Gasteiger partial charge in [0.1, 0.15) is 0 Å². The molecular formula is C10H23N3. The average Bonchev–Trinajstić information content (AvgIpc) is 2.33. The van der Waals surface area contributed by atoms with Crippen LogP contribution in [-0.2, 0) is 0 Å². The molecule has 0 aromatic rings. The van der Waals surface area contributed by atoms with E-state index in [1.165, 1.54) is 26.1 Å². The van der Waals surface area contributed by atoms with Gasteiger partial charge in [-0.1, -0.05) is 0 Å². The fourth-order valence-corrected chi connectivity index (χ4v) is 2.18. The summed E-state index contributed by atoms with van der Waals surface area (Å²) in [6, 6.07) is 0.295. The van der Waals surface area contributed by atoms with Gasteiger partial charge in [0.2, 0.25) is 0 Å². The van der Waals surface area contributed by atoms with Gasteiger partial charge in [0.25, 0.3) is 0 Å². The quantitative estimate of drug-likeness (QED) is 0.680. The summed E-state index contributed by atoms with van der Waals surface area (Å²) >= 11 is 0. The van der Waals surface area contributed by atoms with Gasteiger partial charge in [-0.25, -0.2) is 0 Å². The average molecular weight is 185 g/mol. The fraction of sp³-hybridized carbons (Fsp3) is 1.00. The summed E-state index contributed by atoms with van der Waals surface area (Å²) in [5.41, 5.74) is 5.74. The predicted octanol–water partition coefficient (Wildman–Crippen LogP) is 0.217. The van der Waals surface area contributed by atoms with E-state index in [1.54, 1.807) is 0 Å². The molecule has 1 unspecified atom stereocenters. The highest BCUT2D eigenvalue weighted by atomic mass is 15.2. The Morgan fingerprint density at radius 1 is 1.62 bits per heavy atom. The molecule has 0 aliphatic carbocycles. The summed E-state index contributed by atoms with van der Waals surface area (Å²) in [6.45, 7) is 6.79. The van der Waals surface area contributed by atoms with Crippen molar-refractivity contribution in [2.45, 2.75) is 19.4 Å². The van der Waals surface area contributed by atoms with E-state index >= 15 is 0 Å². The van der Waals surface area contributed by atoms with E-state index in [0.29, 0.717) is 6.04 Å². The van der Waals surface area contributed by atoms with Crippen molar-refractivity contribution in [2.24, 2.45) is 11.7 Å². The molecule has 1 aliphatic rings. The monoisotopic (exact) mass is 185 g/mol. The minimum atomic E-state index is 0.295. The third kappa shape index (κ3) is 4.07. The third-order valence-corrected chi connectivity index (χ3v) is 2.66. The van der Waals surface area contributed by atoms with E-state index in [4.69, 9.17) is 5.73 Å². The molecule has 1 saturated heterocycles. The van der Waals surface area contributed by atoms with Crippen LogP contribution in [0.15, 0.2) is 0 Å². The standard InChI is InChI=1S/C10H23N3/c1-9(11)6-13(3)8-10-4-5-12(2)7-10/h9-10H,4-8,11H2,1-3H3/t9-,10?/m1/s1. The minimum absolute atomic E-state index is 0.295. The number of hydrogen-bond donors (Lipinski definition) is 1. The maximum absolute atomic E-state index is 5.74. The second-order valence-corrected chi connectivity index (χ2v) is 4.62. The number of nitrogens with zero attached hydrogens (tertiary/aromatic N) is 2. The molecule has 0 aromatic carbocycles. The van der Waals surface area contributed by atoms with Crippen LogP contribution in [0.25, 0.3) is 0 Å². The highest BCUT2D eigenvalue weighted by molar-refractivity contribution is 4.75. The first-order valence-electron chi connectivity index (χ1n) is 5.20. The Labute approximate surface area is 81.9 Å². The number of rotatable bonds is 4. The second kappa shape index (κ2) is 4.94. The van der Waals surface area contributed by atoms with Gasteiger partial charge in [-0.15, -0.1) is 0 Å². The molecule has 1 heterocycles. The van der Waals surface area contributed by atoms with E-state index in [-0.39, 0.29) is 0 Å². The summed E-state index contributed by atoms with van der Waals surface area (Å²) in [5, 5.41) is 0. The van der Waals surface area contributed by atoms with E-state index < -0.39 is 0 Å².